The van der Waals surface area contributed by atoms with Gasteiger partial charge in [0.25, 0.3) is 5.91 Å². The van der Waals surface area contributed by atoms with E-state index < -0.39 is 51.7 Å². The lowest BCUT2D eigenvalue weighted by molar-refractivity contribution is -0.141. The second-order valence-electron chi connectivity index (χ2n) is 17.6. The molecule has 2 aromatic carbocycles. The van der Waals surface area contributed by atoms with Crippen LogP contribution in [0.1, 0.15) is 83.3 Å². The van der Waals surface area contributed by atoms with Crippen molar-refractivity contribution in [3.8, 4) is 34.3 Å². The van der Waals surface area contributed by atoms with Gasteiger partial charge in [0.1, 0.15) is 41.7 Å². The van der Waals surface area contributed by atoms with E-state index in [9.17, 15) is 32.8 Å². The molecule has 0 aliphatic carbocycles. The number of benzene rings is 2. The van der Waals surface area contributed by atoms with Crippen molar-refractivity contribution in [3.63, 3.8) is 0 Å². The summed E-state index contributed by atoms with van der Waals surface area (Å²) >= 11 is 5.54. The molecule has 2 atom stereocenters. The summed E-state index contributed by atoms with van der Waals surface area (Å²) in [6.45, 7) is 9.79. The number of ether oxygens (including phenoxy) is 2. The van der Waals surface area contributed by atoms with Gasteiger partial charge in [-0.1, -0.05) is 20.8 Å². The van der Waals surface area contributed by atoms with Crippen molar-refractivity contribution in [2.24, 2.45) is 5.41 Å². The Kier molecular flexibility index (Phi) is 14.0. The molecule has 5 heterocycles. The maximum absolute atomic E-state index is 15.4. The lowest BCUT2D eigenvalue weighted by atomic mass is 9.85. The number of nitrogens with zero attached hydrogens (tertiary/aromatic N) is 8. The molecule has 15 nitrogen and oxygen atoms in total. The van der Waals surface area contributed by atoms with Crippen molar-refractivity contribution < 1.29 is 41.4 Å². The summed E-state index contributed by atoms with van der Waals surface area (Å²) in [6, 6.07) is 12.6. The maximum Gasteiger partial charge on any atom is 0.420 e. The highest BCUT2D eigenvalue weighted by molar-refractivity contribution is 7.81. The van der Waals surface area contributed by atoms with Gasteiger partial charge < -0.3 is 29.6 Å². The van der Waals surface area contributed by atoms with Crippen molar-refractivity contribution in [2.75, 3.05) is 36.2 Å². The fourth-order valence-corrected chi connectivity index (χ4v) is 8.55. The first-order chi connectivity index (χ1) is 31.8. The molecule has 0 spiro atoms. The predicted octanol–water partition coefficient (Wildman–Crippen LogP) is 7.95. The predicted molar refractivity (Wildman–Crippen MR) is 243 cm³/mol. The molecule has 2 aliphatic rings. The number of halogens is 4. The molecule has 67 heavy (non-hydrogen) atoms. The number of alkyl halides is 3. The van der Waals surface area contributed by atoms with Crippen LogP contribution in [0.2, 0.25) is 0 Å². The van der Waals surface area contributed by atoms with E-state index in [1.54, 1.807) is 47.8 Å². The molecule has 350 valence electrons. The summed E-state index contributed by atoms with van der Waals surface area (Å²) in [7, 11) is 0. The number of amides is 3. The molecule has 0 bridgehead atoms. The minimum atomic E-state index is -5.19. The topological polar surface area (TPSA) is 183 Å². The molecule has 3 aromatic heterocycles. The van der Waals surface area contributed by atoms with Gasteiger partial charge in [0.05, 0.1) is 53.2 Å². The van der Waals surface area contributed by atoms with Crippen LogP contribution in [0.25, 0.3) is 22.5 Å². The number of imidazole rings is 1. The van der Waals surface area contributed by atoms with Crippen LogP contribution in [0.3, 0.4) is 0 Å². The Balaban J connectivity index is 0.863. The number of anilines is 2. The zero-order chi connectivity index (χ0) is 48.3. The number of carbonyl (C=O) groups excluding carboxylic acids is 3. The van der Waals surface area contributed by atoms with E-state index in [2.05, 4.69) is 25.3 Å². The van der Waals surface area contributed by atoms with Gasteiger partial charge in [-0.15, -0.1) is 0 Å². The summed E-state index contributed by atoms with van der Waals surface area (Å²) < 4.78 is 68.3. The van der Waals surface area contributed by atoms with Crippen LogP contribution in [0, 0.1) is 22.6 Å². The molecule has 0 saturated carbocycles. The largest absolute Gasteiger partial charge is 0.494 e. The third-order valence-electron chi connectivity index (χ3n) is 11.5. The number of hydrogen-bond acceptors (Lipinski definition) is 11. The second-order valence-corrected chi connectivity index (χ2v) is 18.0. The number of aromatic amines is 1. The van der Waals surface area contributed by atoms with Crippen molar-refractivity contribution in [1.82, 2.24) is 35.1 Å². The third-order valence-corrected chi connectivity index (χ3v) is 11.9. The first-order valence-corrected chi connectivity index (χ1v) is 21.9. The zero-order valence-electron chi connectivity index (χ0n) is 37.4. The minimum absolute atomic E-state index is 0.179. The molecule has 3 amide bonds. The molecule has 7 rings (SSSR count). The van der Waals surface area contributed by atoms with Crippen molar-refractivity contribution >= 4 is 46.4 Å². The number of H-pyrrole nitrogens is 1. The van der Waals surface area contributed by atoms with Crippen LogP contribution in [0.5, 0.6) is 5.75 Å². The van der Waals surface area contributed by atoms with Crippen LogP contribution < -0.4 is 19.9 Å². The van der Waals surface area contributed by atoms with Crippen molar-refractivity contribution in [2.45, 2.75) is 84.1 Å². The van der Waals surface area contributed by atoms with Gasteiger partial charge in [-0.2, -0.15) is 18.4 Å². The molecule has 2 aliphatic heterocycles. The number of carbonyl (C=O) groups is 3. The SMILES string of the molecule is CC(C)(C)[C@H](NC(=O)COCCCCOc1ccc(-c2ccc(N3C(=S)N(c4ccc(C#N)c(C(F)(F)F)c4F)C(=O)C3(C)C)cn2)cc1)C(=O)N1CCC[C@H]1c1nc(-c2cncnc2)c[nH]1. The number of pyridine rings is 1. The van der Waals surface area contributed by atoms with Crippen LogP contribution in [-0.2, 0) is 25.3 Å². The Bertz CT molecular complexity index is 2670. The molecule has 20 heteroatoms. The van der Waals surface area contributed by atoms with E-state index in [1.165, 1.54) is 37.3 Å². The van der Waals surface area contributed by atoms with E-state index in [1.807, 2.05) is 32.9 Å². The highest BCUT2D eigenvalue weighted by Gasteiger charge is 2.52. The van der Waals surface area contributed by atoms with Crippen LogP contribution in [-0.4, -0.2) is 90.6 Å². The number of likely N-dealkylation sites (tertiary alicyclic amines) is 1. The Hall–Kier alpha value is -6.85. The number of hydrogen-bond donors (Lipinski definition) is 2. The van der Waals surface area contributed by atoms with Gasteiger partial charge >= 0.3 is 6.18 Å². The zero-order valence-corrected chi connectivity index (χ0v) is 38.2. The van der Waals surface area contributed by atoms with Gasteiger partial charge in [0.15, 0.2) is 10.9 Å². The average molecular weight is 941 g/mol. The highest BCUT2D eigenvalue weighted by Crippen LogP contribution is 2.42. The van der Waals surface area contributed by atoms with E-state index in [0.717, 1.165) is 36.1 Å². The monoisotopic (exact) mass is 940 g/mol. The first kappa shape index (κ1) is 48.1. The minimum Gasteiger partial charge on any atom is -0.494 e. The van der Waals surface area contributed by atoms with Crippen LogP contribution >= 0.6 is 12.2 Å². The fourth-order valence-electron chi connectivity index (χ4n) is 8.04. The molecule has 0 unspecified atom stereocenters. The maximum atomic E-state index is 15.4. The van der Waals surface area contributed by atoms with E-state index >= 15 is 4.39 Å². The van der Waals surface area contributed by atoms with Gasteiger partial charge in [0, 0.05) is 42.9 Å². The van der Waals surface area contributed by atoms with Crippen LogP contribution in [0.15, 0.2) is 79.6 Å². The summed E-state index contributed by atoms with van der Waals surface area (Å²) in [4.78, 5) is 65.1. The van der Waals surface area contributed by atoms with E-state index in [0.29, 0.717) is 66.1 Å². The number of rotatable bonds is 15. The number of nitrogens with one attached hydrogen (secondary N) is 2. The Labute approximate surface area is 389 Å². The molecule has 0 radical (unpaired) electrons. The Morgan fingerprint density at radius 2 is 1.72 bits per heavy atom. The lowest BCUT2D eigenvalue weighted by Crippen LogP contribution is -2.55. The van der Waals surface area contributed by atoms with Crippen LogP contribution in [0.4, 0.5) is 28.9 Å². The first-order valence-electron chi connectivity index (χ1n) is 21.5. The molecule has 2 saturated heterocycles. The summed E-state index contributed by atoms with van der Waals surface area (Å²) in [5.74, 6) is -1.83. The standard InChI is InChI=1S/C47H48F4N10O5S/c1-45(2,3)40(42(63)59-18-8-9-36(59)41-56-25-34(57-41)30-22-53-27-54-23-30)58-37(62)26-65-19-6-7-20-66-32-14-10-28(11-15-32)33-16-13-31(24-55-33)61-44(67)60(43(64)46(61,4)5)35-17-12-29(21-52)38(39(35)48)47(49,50)51/h10-17,22-25,27,36,40H,6-9,18-20,26H2,1-5H3,(H,56,57)(H,58,62)/t36-,40+/m0/s1. The van der Waals surface area contributed by atoms with E-state index in [-0.39, 0.29) is 29.6 Å². The molecular formula is C47H48F4N10O5S. The van der Waals surface area contributed by atoms with Gasteiger partial charge in [0.2, 0.25) is 11.8 Å². The average Bonchev–Trinajstić information content (AvgIpc) is 4.02. The van der Waals surface area contributed by atoms with Gasteiger partial charge in [-0.3, -0.25) is 24.3 Å². The highest BCUT2D eigenvalue weighted by atomic mass is 32.1. The second kappa shape index (κ2) is 19.5. The lowest BCUT2D eigenvalue weighted by Gasteiger charge is -2.35. The summed E-state index contributed by atoms with van der Waals surface area (Å²) in [6.07, 6.45) is 5.66. The van der Waals surface area contributed by atoms with Crippen molar-refractivity contribution in [3.05, 3.63) is 102 Å². The quantitative estimate of drug-likeness (QED) is 0.0588. The Morgan fingerprint density at radius 1 is 1.00 bits per heavy atom. The summed E-state index contributed by atoms with van der Waals surface area (Å²) in [5.41, 5.74) is -2.30. The van der Waals surface area contributed by atoms with Gasteiger partial charge in [-0.05, 0) is 106 Å². The van der Waals surface area contributed by atoms with Gasteiger partial charge in [-0.25, -0.2) is 19.3 Å². The normalized spacial score (nSPS) is 16.6. The molecule has 5 aromatic rings. The van der Waals surface area contributed by atoms with Crippen molar-refractivity contribution in [1.29, 1.82) is 5.26 Å². The molecule has 2 fully saturated rings. The molecule has 2 N–H and O–H groups in total. The third kappa shape index (κ3) is 10.3. The smallest absolute Gasteiger partial charge is 0.420 e. The number of thiocarbonyl (C=S) groups is 1. The molecular weight excluding hydrogens is 893 g/mol. The van der Waals surface area contributed by atoms with E-state index in [4.69, 9.17) is 26.7 Å². The number of unbranched alkanes of at least 4 members (excludes halogenated alkanes) is 1. The number of aromatic nitrogens is 5. The number of nitriles is 1. The Morgan fingerprint density at radius 3 is 2.37 bits per heavy atom. The fraction of sp³-hybridized carbons (Fsp3) is 0.383. The summed E-state index contributed by atoms with van der Waals surface area (Å²) in [5, 5.41) is 11.8.